The highest BCUT2D eigenvalue weighted by Gasteiger charge is 2.31. The van der Waals surface area contributed by atoms with E-state index < -0.39 is 12.0 Å². The number of amides is 2. The van der Waals surface area contributed by atoms with Crippen LogP contribution < -0.4 is 15.4 Å². The molecule has 2 N–H and O–H groups in total. The SMILES string of the molecule is CCCOc1ccc(C2NC(=O)NC(C)=C2C(=O)OCC)cc1. The third kappa shape index (κ3) is 4.03. The van der Waals surface area contributed by atoms with Crippen molar-refractivity contribution in [1.29, 1.82) is 0 Å². The fraction of sp³-hybridized carbons (Fsp3) is 0.412. The van der Waals surface area contributed by atoms with Crippen LogP contribution in [0.5, 0.6) is 5.75 Å². The summed E-state index contributed by atoms with van der Waals surface area (Å²) in [5.74, 6) is 0.322. The number of nitrogens with one attached hydrogen (secondary N) is 2. The molecule has 1 aromatic carbocycles. The Hall–Kier alpha value is -2.50. The lowest BCUT2D eigenvalue weighted by atomic mass is 9.95. The van der Waals surface area contributed by atoms with Gasteiger partial charge in [0.05, 0.1) is 24.8 Å². The number of urea groups is 1. The zero-order chi connectivity index (χ0) is 16.8. The second kappa shape index (κ2) is 7.67. The first-order chi connectivity index (χ1) is 11.1. The molecule has 1 heterocycles. The molecule has 23 heavy (non-hydrogen) atoms. The largest absolute Gasteiger partial charge is 0.494 e. The molecule has 1 aromatic rings. The highest BCUT2D eigenvalue weighted by atomic mass is 16.5. The minimum atomic E-state index is -0.539. The number of benzene rings is 1. The van der Waals surface area contributed by atoms with E-state index in [4.69, 9.17) is 9.47 Å². The molecule has 0 bridgehead atoms. The average Bonchev–Trinajstić information content (AvgIpc) is 2.52. The van der Waals surface area contributed by atoms with Gasteiger partial charge >= 0.3 is 12.0 Å². The van der Waals surface area contributed by atoms with Gasteiger partial charge < -0.3 is 20.1 Å². The Kier molecular flexibility index (Phi) is 5.62. The monoisotopic (exact) mass is 318 g/mol. The maximum atomic E-state index is 12.2. The van der Waals surface area contributed by atoms with Crippen LogP contribution in [-0.2, 0) is 9.53 Å². The molecule has 6 nitrogen and oxygen atoms in total. The summed E-state index contributed by atoms with van der Waals surface area (Å²) in [7, 11) is 0. The van der Waals surface area contributed by atoms with Crippen molar-refractivity contribution in [2.24, 2.45) is 0 Å². The Morgan fingerprint density at radius 3 is 2.52 bits per heavy atom. The first-order valence-corrected chi connectivity index (χ1v) is 7.75. The van der Waals surface area contributed by atoms with Crippen molar-refractivity contribution in [2.75, 3.05) is 13.2 Å². The van der Waals surface area contributed by atoms with E-state index in [0.29, 0.717) is 17.9 Å². The van der Waals surface area contributed by atoms with Gasteiger partial charge in [-0.3, -0.25) is 0 Å². The summed E-state index contributed by atoms with van der Waals surface area (Å²) in [5.41, 5.74) is 1.71. The number of hydrogen-bond acceptors (Lipinski definition) is 4. The predicted molar refractivity (Wildman–Crippen MR) is 86.0 cm³/mol. The van der Waals surface area contributed by atoms with E-state index in [1.54, 1.807) is 13.8 Å². The van der Waals surface area contributed by atoms with Crippen molar-refractivity contribution in [3.05, 3.63) is 41.1 Å². The van der Waals surface area contributed by atoms with Gasteiger partial charge in [0.2, 0.25) is 0 Å². The number of allylic oxidation sites excluding steroid dienone is 1. The van der Waals surface area contributed by atoms with Crippen molar-refractivity contribution in [2.45, 2.75) is 33.2 Å². The van der Waals surface area contributed by atoms with E-state index in [2.05, 4.69) is 10.6 Å². The molecule has 2 amide bonds. The lowest BCUT2D eigenvalue weighted by Gasteiger charge is -2.28. The van der Waals surface area contributed by atoms with E-state index >= 15 is 0 Å². The molecule has 2 rings (SSSR count). The smallest absolute Gasteiger partial charge is 0.338 e. The molecule has 1 atom stereocenters. The third-order valence-electron chi connectivity index (χ3n) is 3.45. The molecule has 0 saturated carbocycles. The molecule has 1 unspecified atom stereocenters. The molecule has 1 aliphatic rings. The van der Waals surface area contributed by atoms with Crippen LogP contribution >= 0.6 is 0 Å². The average molecular weight is 318 g/mol. The van der Waals surface area contributed by atoms with Crippen LogP contribution in [0.25, 0.3) is 0 Å². The fourth-order valence-electron chi connectivity index (χ4n) is 2.40. The van der Waals surface area contributed by atoms with Gasteiger partial charge in [-0.1, -0.05) is 19.1 Å². The highest BCUT2D eigenvalue weighted by molar-refractivity contribution is 5.95. The molecule has 0 spiro atoms. The zero-order valence-electron chi connectivity index (χ0n) is 13.6. The summed E-state index contributed by atoms with van der Waals surface area (Å²) in [4.78, 5) is 24.0. The van der Waals surface area contributed by atoms with Gasteiger partial charge in [-0.25, -0.2) is 9.59 Å². The summed E-state index contributed by atoms with van der Waals surface area (Å²) in [6.45, 7) is 6.41. The van der Waals surface area contributed by atoms with Crippen LogP contribution in [0.1, 0.15) is 38.8 Å². The van der Waals surface area contributed by atoms with Crippen molar-refractivity contribution in [3.63, 3.8) is 0 Å². The summed E-state index contributed by atoms with van der Waals surface area (Å²) < 4.78 is 10.7. The van der Waals surface area contributed by atoms with Gasteiger partial charge in [-0.2, -0.15) is 0 Å². The van der Waals surface area contributed by atoms with E-state index in [1.165, 1.54) is 0 Å². The van der Waals surface area contributed by atoms with Gasteiger partial charge in [-0.05, 0) is 38.0 Å². The summed E-state index contributed by atoms with van der Waals surface area (Å²) in [6, 6.07) is 6.46. The summed E-state index contributed by atoms with van der Waals surface area (Å²) >= 11 is 0. The maximum Gasteiger partial charge on any atom is 0.338 e. The molecular formula is C17H22N2O4. The standard InChI is InChI=1S/C17H22N2O4/c1-4-10-23-13-8-6-12(7-9-13)15-14(16(20)22-5-2)11(3)18-17(21)19-15/h6-9,15H,4-5,10H2,1-3H3,(H2,18,19,21). The van der Waals surface area contributed by atoms with E-state index in [9.17, 15) is 9.59 Å². The van der Waals surface area contributed by atoms with E-state index in [-0.39, 0.29) is 12.6 Å². The van der Waals surface area contributed by atoms with Crippen LogP contribution in [0.3, 0.4) is 0 Å². The van der Waals surface area contributed by atoms with Gasteiger partial charge in [0.1, 0.15) is 5.75 Å². The Balaban J connectivity index is 2.28. The first-order valence-electron chi connectivity index (χ1n) is 7.75. The van der Waals surface area contributed by atoms with Crippen molar-refractivity contribution < 1.29 is 19.1 Å². The molecule has 0 fully saturated rings. The number of ether oxygens (including phenoxy) is 2. The predicted octanol–water partition coefficient (Wildman–Crippen LogP) is 2.67. The molecular weight excluding hydrogens is 296 g/mol. The fourth-order valence-corrected chi connectivity index (χ4v) is 2.40. The summed E-state index contributed by atoms with van der Waals surface area (Å²) in [6.07, 6.45) is 0.932. The van der Waals surface area contributed by atoms with Gasteiger partial charge in [0, 0.05) is 5.70 Å². The topological polar surface area (TPSA) is 76.7 Å². The second-order valence-corrected chi connectivity index (χ2v) is 5.21. The maximum absolute atomic E-state index is 12.2. The molecule has 0 aliphatic carbocycles. The molecule has 6 heteroatoms. The zero-order valence-corrected chi connectivity index (χ0v) is 13.6. The van der Waals surface area contributed by atoms with Crippen LogP contribution in [0.2, 0.25) is 0 Å². The molecule has 0 aromatic heterocycles. The van der Waals surface area contributed by atoms with Gasteiger partial charge in [0.25, 0.3) is 0 Å². The molecule has 0 radical (unpaired) electrons. The lowest BCUT2D eigenvalue weighted by molar-refractivity contribution is -0.139. The van der Waals surface area contributed by atoms with Crippen LogP contribution in [0, 0.1) is 0 Å². The number of carbonyl (C=O) groups is 2. The Morgan fingerprint density at radius 1 is 1.22 bits per heavy atom. The highest BCUT2D eigenvalue weighted by Crippen LogP contribution is 2.28. The second-order valence-electron chi connectivity index (χ2n) is 5.21. The van der Waals surface area contributed by atoms with Crippen molar-refractivity contribution >= 4 is 12.0 Å². The van der Waals surface area contributed by atoms with Crippen LogP contribution in [0.15, 0.2) is 35.5 Å². The number of hydrogen-bond donors (Lipinski definition) is 2. The van der Waals surface area contributed by atoms with Crippen LogP contribution in [0.4, 0.5) is 4.79 Å². The lowest BCUT2D eigenvalue weighted by Crippen LogP contribution is -2.45. The minimum absolute atomic E-state index is 0.278. The van der Waals surface area contributed by atoms with Gasteiger partial charge in [0.15, 0.2) is 0 Å². The van der Waals surface area contributed by atoms with Crippen LogP contribution in [-0.4, -0.2) is 25.2 Å². The third-order valence-corrected chi connectivity index (χ3v) is 3.45. The molecule has 0 saturated heterocycles. The number of esters is 1. The van der Waals surface area contributed by atoms with E-state index in [0.717, 1.165) is 17.7 Å². The number of carbonyl (C=O) groups excluding carboxylic acids is 2. The molecule has 124 valence electrons. The molecule has 1 aliphatic heterocycles. The number of rotatable bonds is 6. The minimum Gasteiger partial charge on any atom is -0.494 e. The van der Waals surface area contributed by atoms with Crippen molar-refractivity contribution in [1.82, 2.24) is 10.6 Å². The quantitative estimate of drug-likeness (QED) is 0.791. The summed E-state index contributed by atoms with van der Waals surface area (Å²) in [5, 5.41) is 5.38. The Labute approximate surface area is 135 Å². The van der Waals surface area contributed by atoms with E-state index in [1.807, 2.05) is 31.2 Å². The first kappa shape index (κ1) is 16.9. The van der Waals surface area contributed by atoms with Crippen molar-refractivity contribution in [3.8, 4) is 5.75 Å². The normalized spacial score (nSPS) is 17.3. The Morgan fingerprint density at radius 2 is 1.91 bits per heavy atom. The van der Waals surface area contributed by atoms with Gasteiger partial charge in [-0.15, -0.1) is 0 Å². The Bertz CT molecular complexity index is 608.